The molecular weight excluding hydrogens is 251 g/mol. The third-order valence-electron chi connectivity index (χ3n) is 1.88. The zero-order valence-electron chi connectivity index (χ0n) is 7.63. The molecule has 0 radical (unpaired) electrons. The highest BCUT2D eigenvalue weighted by atomic mass is 79.9. The predicted molar refractivity (Wildman–Crippen MR) is 55.0 cm³/mol. The number of hydrogen-bond acceptors (Lipinski definition) is 2. The molecule has 1 aromatic carbocycles. The summed E-state index contributed by atoms with van der Waals surface area (Å²) in [6.45, 7) is 1.29. The van der Waals surface area contributed by atoms with E-state index in [9.17, 15) is 9.18 Å². The van der Waals surface area contributed by atoms with Gasteiger partial charge in [-0.1, -0.05) is 28.1 Å². The fourth-order valence-electron chi connectivity index (χ4n) is 1.18. The van der Waals surface area contributed by atoms with Gasteiger partial charge in [-0.15, -0.1) is 0 Å². The van der Waals surface area contributed by atoms with Gasteiger partial charge < -0.3 is 5.11 Å². The summed E-state index contributed by atoms with van der Waals surface area (Å²) < 4.78 is 13.3. The fraction of sp³-hybridized carbons (Fsp3) is 0.300. The van der Waals surface area contributed by atoms with Crippen LogP contribution in [0.5, 0.6) is 0 Å². The maximum absolute atomic E-state index is 13.3. The first-order chi connectivity index (χ1) is 6.57. The van der Waals surface area contributed by atoms with Gasteiger partial charge >= 0.3 is 0 Å². The normalized spacial score (nSPS) is 12.6. The van der Waals surface area contributed by atoms with Gasteiger partial charge in [0.1, 0.15) is 5.82 Å². The number of hydrogen-bond donors (Lipinski definition) is 1. The molecule has 2 nitrogen and oxygen atoms in total. The van der Waals surface area contributed by atoms with Crippen LogP contribution in [-0.2, 0) is 6.61 Å². The number of rotatable bonds is 3. The summed E-state index contributed by atoms with van der Waals surface area (Å²) in [5, 5.41) is 8.94. The lowest BCUT2D eigenvalue weighted by Crippen LogP contribution is -2.14. The third kappa shape index (κ3) is 2.19. The van der Waals surface area contributed by atoms with E-state index in [4.69, 9.17) is 5.11 Å². The standard InChI is InChI=1S/C10H10BrFO2/c1-6(11)10(14)9-7(5-13)3-2-4-8(9)12/h2-4,6,13H,5H2,1H3. The van der Waals surface area contributed by atoms with Gasteiger partial charge in [0.05, 0.1) is 17.0 Å². The van der Waals surface area contributed by atoms with Crippen LogP contribution in [0.25, 0.3) is 0 Å². The minimum absolute atomic E-state index is 0.0284. The van der Waals surface area contributed by atoms with Crippen LogP contribution in [-0.4, -0.2) is 15.7 Å². The van der Waals surface area contributed by atoms with Crippen LogP contribution in [0.15, 0.2) is 18.2 Å². The van der Waals surface area contributed by atoms with E-state index in [0.717, 1.165) is 0 Å². The Bertz CT molecular complexity index is 350. The van der Waals surface area contributed by atoms with Gasteiger partial charge in [-0.05, 0) is 18.6 Å². The molecule has 0 aliphatic rings. The van der Waals surface area contributed by atoms with Gasteiger partial charge in [0, 0.05) is 0 Å². The van der Waals surface area contributed by atoms with Gasteiger partial charge in [0.2, 0.25) is 0 Å². The van der Waals surface area contributed by atoms with E-state index in [0.29, 0.717) is 5.56 Å². The molecule has 1 rings (SSSR count). The van der Waals surface area contributed by atoms with Crippen molar-refractivity contribution in [2.75, 3.05) is 0 Å². The Morgan fingerprint density at radius 3 is 2.79 bits per heavy atom. The van der Waals surface area contributed by atoms with E-state index >= 15 is 0 Å². The summed E-state index contributed by atoms with van der Waals surface area (Å²) in [6.07, 6.45) is 0. The molecule has 0 aliphatic carbocycles. The minimum atomic E-state index is -0.590. The van der Waals surface area contributed by atoms with Crippen molar-refractivity contribution in [1.82, 2.24) is 0 Å². The van der Waals surface area contributed by atoms with Crippen LogP contribution in [0.2, 0.25) is 0 Å². The summed E-state index contributed by atoms with van der Waals surface area (Å²) in [5.41, 5.74) is 0.292. The molecule has 0 aliphatic heterocycles. The lowest BCUT2D eigenvalue weighted by Gasteiger charge is -2.08. The van der Waals surface area contributed by atoms with Crippen molar-refractivity contribution < 1.29 is 14.3 Å². The van der Waals surface area contributed by atoms with Gasteiger partial charge in [-0.2, -0.15) is 0 Å². The molecule has 4 heteroatoms. The van der Waals surface area contributed by atoms with Gasteiger partial charge in [-0.3, -0.25) is 4.79 Å². The molecule has 0 aromatic heterocycles. The molecule has 0 fully saturated rings. The summed E-state index contributed by atoms with van der Waals surface area (Å²) in [4.78, 5) is 11.1. The van der Waals surface area contributed by atoms with E-state index in [1.807, 2.05) is 0 Å². The number of carbonyl (C=O) groups is 1. The number of aliphatic hydroxyl groups excluding tert-OH is 1. The number of benzene rings is 1. The van der Waals surface area contributed by atoms with Crippen molar-refractivity contribution in [3.05, 3.63) is 35.1 Å². The predicted octanol–water partition coefficient (Wildman–Crippen LogP) is 2.28. The molecule has 0 saturated heterocycles. The van der Waals surface area contributed by atoms with E-state index in [2.05, 4.69) is 15.9 Å². The zero-order chi connectivity index (χ0) is 10.7. The topological polar surface area (TPSA) is 37.3 Å². The maximum atomic E-state index is 13.3. The molecular formula is C10H10BrFO2. The molecule has 0 saturated carbocycles. The maximum Gasteiger partial charge on any atom is 0.179 e. The fourth-order valence-corrected chi connectivity index (χ4v) is 1.40. The smallest absolute Gasteiger partial charge is 0.179 e. The Morgan fingerprint density at radius 1 is 1.64 bits per heavy atom. The number of aliphatic hydroxyl groups is 1. The Morgan fingerprint density at radius 2 is 2.29 bits per heavy atom. The highest BCUT2D eigenvalue weighted by Crippen LogP contribution is 2.18. The van der Waals surface area contributed by atoms with Crippen molar-refractivity contribution in [3.63, 3.8) is 0 Å². The Balaban J connectivity index is 3.23. The molecule has 1 aromatic rings. The average Bonchev–Trinajstić information content (AvgIpc) is 2.16. The van der Waals surface area contributed by atoms with Crippen molar-refractivity contribution >= 4 is 21.7 Å². The molecule has 0 amide bonds. The Labute approximate surface area is 89.9 Å². The van der Waals surface area contributed by atoms with Gasteiger partial charge in [-0.25, -0.2) is 4.39 Å². The molecule has 1 N–H and O–H groups in total. The van der Waals surface area contributed by atoms with Gasteiger partial charge in [0.25, 0.3) is 0 Å². The SMILES string of the molecule is CC(Br)C(=O)c1c(F)cccc1CO. The molecule has 76 valence electrons. The van der Waals surface area contributed by atoms with Crippen LogP contribution in [0.4, 0.5) is 4.39 Å². The first kappa shape index (κ1) is 11.3. The first-order valence-electron chi connectivity index (χ1n) is 4.14. The molecule has 0 spiro atoms. The minimum Gasteiger partial charge on any atom is -0.392 e. The van der Waals surface area contributed by atoms with E-state index in [1.54, 1.807) is 6.92 Å². The summed E-state index contributed by atoms with van der Waals surface area (Å²) >= 11 is 3.08. The molecule has 0 heterocycles. The molecule has 0 bridgehead atoms. The van der Waals surface area contributed by atoms with Crippen LogP contribution in [0, 0.1) is 5.82 Å². The third-order valence-corrected chi connectivity index (χ3v) is 2.29. The lowest BCUT2D eigenvalue weighted by molar-refractivity contribution is 0.0988. The van der Waals surface area contributed by atoms with Crippen LogP contribution >= 0.6 is 15.9 Å². The number of halogens is 2. The molecule has 1 atom stereocenters. The van der Waals surface area contributed by atoms with Gasteiger partial charge in [0.15, 0.2) is 5.78 Å². The highest BCUT2D eigenvalue weighted by Gasteiger charge is 2.19. The zero-order valence-corrected chi connectivity index (χ0v) is 9.21. The Kier molecular flexibility index (Phi) is 3.77. The average molecular weight is 261 g/mol. The van der Waals surface area contributed by atoms with E-state index < -0.39 is 10.6 Å². The second-order valence-corrected chi connectivity index (χ2v) is 4.29. The highest BCUT2D eigenvalue weighted by molar-refractivity contribution is 9.10. The Hall–Kier alpha value is -0.740. The number of carbonyl (C=O) groups excluding carboxylic acids is 1. The number of ketones is 1. The van der Waals surface area contributed by atoms with Crippen LogP contribution in [0.3, 0.4) is 0 Å². The summed E-state index contributed by atoms with van der Waals surface area (Å²) in [5.74, 6) is -0.944. The lowest BCUT2D eigenvalue weighted by atomic mass is 10.0. The molecule has 1 unspecified atom stereocenters. The summed E-state index contributed by atoms with van der Waals surface area (Å²) in [7, 11) is 0. The summed E-state index contributed by atoms with van der Waals surface area (Å²) in [6, 6.07) is 4.21. The van der Waals surface area contributed by atoms with Crippen molar-refractivity contribution in [3.8, 4) is 0 Å². The van der Waals surface area contributed by atoms with Crippen LogP contribution in [0.1, 0.15) is 22.8 Å². The van der Waals surface area contributed by atoms with Crippen molar-refractivity contribution in [1.29, 1.82) is 0 Å². The van der Waals surface area contributed by atoms with E-state index in [1.165, 1.54) is 18.2 Å². The van der Waals surface area contributed by atoms with E-state index in [-0.39, 0.29) is 18.0 Å². The second-order valence-electron chi connectivity index (χ2n) is 2.91. The van der Waals surface area contributed by atoms with Crippen molar-refractivity contribution in [2.45, 2.75) is 18.4 Å². The van der Waals surface area contributed by atoms with Crippen molar-refractivity contribution in [2.24, 2.45) is 0 Å². The quantitative estimate of drug-likeness (QED) is 0.669. The second kappa shape index (κ2) is 4.66. The largest absolute Gasteiger partial charge is 0.392 e. The number of Topliss-reactive ketones (excluding diaryl/α,β-unsaturated/α-hetero) is 1. The number of alkyl halides is 1. The van der Waals surface area contributed by atoms with Crippen LogP contribution < -0.4 is 0 Å². The monoisotopic (exact) mass is 260 g/mol. The first-order valence-corrected chi connectivity index (χ1v) is 5.06. The molecule has 14 heavy (non-hydrogen) atoms.